The molecule has 0 radical (unpaired) electrons. The lowest BCUT2D eigenvalue weighted by Gasteiger charge is -2.23. The summed E-state index contributed by atoms with van der Waals surface area (Å²) >= 11 is 0. The molecule has 0 bridgehead atoms. The van der Waals surface area contributed by atoms with Crippen molar-refractivity contribution in [3.63, 3.8) is 0 Å². The molecule has 6 heteroatoms. The average Bonchev–Trinajstić information content (AvgIpc) is 2.96. The first-order chi connectivity index (χ1) is 12.2. The number of hydrogen-bond donors (Lipinski definition) is 0. The first-order valence-electron chi connectivity index (χ1n) is 8.76. The highest BCUT2D eigenvalue weighted by Crippen LogP contribution is 2.23. The number of hydrogen-bond acceptors (Lipinski definition) is 5. The lowest BCUT2D eigenvalue weighted by Crippen LogP contribution is -2.28. The van der Waals surface area contributed by atoms with E-state index in [9.17, 15) is 4.79 Å². The van der Waals surface area contributed by atoms with Gasteiger partial charge in [-0.1, -0.05) is 18.2 Å². The summed E-state index contributed by atoms with van der Waals surface area (Å²) in [5.41, 5.74) is 3.40. The molecule has 0 spiro atoms. The summed E-state index contributed by atoms with van der Waals surface area (Å²) < 4.78 is 12.9. The van der Waals surface area contributed by atoms with Crippen LogP contribution in [0.3, 0.4) is 0 Å². The second-order valence-corrected chi connectivity index (χ2v) is 6.24. The summed E-state index contributed by atoms with van der Waals surface area (Å²) in [5, 5.41) is 4.73. The van der Waals surface area contributed by atoms with Gasteiger partial charge in [0.1, 0.15) is 18.1 Å². The van der Waals surface area contributed by atoms with Crippen LogP contribution in [0, 0.1) is 0 Å². The standard InChI is InChI=1S/C19H25N3O3/c1-3-24-19(23)10-12-22-18-9-11-21(2)13-16(18)17(20-22)14-25-15-7-5-4-6-8-15/h4-8H,3,9-14H2,1-2H3. The number of ether oxygens (including phenoxy) is 2. The van der Waals surface area contributed by atoms with Gasteiger partial charge >= 0.3 is 5.97 Å². The van der Waals surface area contributed by atoms with E-state index in [0.717, 1.165) is 31.0 Å². The van der Waals surface area contributed by atoms with Gasteiger partial charge in [0.15, 0.2) is 0 Å². The quantitative estimate of drug-likeness (QED) is 0.723. The molecule has 2 heterocycles. The van der Waals surface area contributed by atoms with Gasteiger partial charge in [-0.05, 0) is 26.1 Å². The Bertz CT molecular complexity index is 712. The molecule has 1 aliphatic heterocycles. The average molecular weight is 343 g/mol. The number of aryl methyl sites for hydroxylation is 1. The van der Waals surface area contributed by atoms with E-state index in [4.69, 9.17) is 14.6 Å². The molecule has 2 aromatic rings. The van der Waals surface area contributed by atoms with Crippen molar-refractivity contribution in [2.24, 2.45) is 0 Å². The molecule has 0 saturated heterocycles. The molecule has 0 aliphatic carbocycles. The van der Waals surface area contributed by atoms with Gasteiger partial charge in [0.2, 0.25) is 0 Å². The molecule has 1 aromatic heterocycles. The van der Waals surface area contributed by atoms with Crippen LogP contribution >= 0.6 is 0 Å². The number of benzene rings is 1. The fourth-order valence-corrected chi connectivity index (χ4v) is 3.10. The Kier molecular flexibility index (Phi) is 5.71. The van der Waals surface area contributed by atoms with Gasteiger partial charge in [0.05, 0.1) is 19.6 Å². The van der Waals surface area contributed by atoms with Crippen LogP contribution in [0.1, 0.15) is 30.3 Å². The van der Waals surface area contributed by atoms with Crippen molar-refractivity contribution in [3.05, 3.63) is 47.3 Å². The van der Waals surface area contributed by atoms with Crippen LogP contribution in [0.2, 0.25) is 0 Å². The summed E-state index contributed by atoms with van der Waals surface area (Å²) in [6.45, 7) is 5.08. The fourth-order valence-electron chi connectivity index (χ4n) is 3.10. The third kappa shape index (κ3) is 4.39. The van der Waals surface area contributed by atoms with Crippen molar-refractivity contribution in [1.29, 1.82) is 0 Å². The summed E-state index contributed by atoms with van der Waals surface area (Å²) in [4.78, 5) is 13.9. The number of carbonyl (C=O) groups is 1. The van der Waals surface area contributed by atoms with Gasteiger partial charge < -0.3 is 14.4 Å². The van der Waals surface area contributed by atoms with E-state index in [2.05, 4.69) is 11.9 Å². The maximum Gasteiger partial charge on any atom is 0.307 e. The molecular weight excluding hydrogens is 318 g/mol. The molecule has 0 atom stereocenters. The van der Waals surface area contributed by atoms with E-state index in [0.29, 0.717) is 26.2 Å². The maximum absolute atomic E-state index is 11.7. The predicted molar refractivity (Wildman–Crippen MR) is 94.3 cm³/mol. The predicted octanol–water partition coefficient (Wildman–Crippen LogP) is 2.40. The van der Waals surface area contributed by atoms with Crippen molar-refractivity contribution < 1.29 is 14.3 Å². The van der Waals surface area contributed by atoms with Gasteiger partial charge in [-0.25, -0.2) is 0 Å². The Morgan fingerprint density at radius 3 is 2.84 bits per heavy atom. The van der Waals surface area contributed by atoms with Gasteiger partial charge in [-0.2, -0.15) is 5.10 Å². The van der Waals surface area contributed by atoms with Gasteiger partial charge in [-0.3, -0.25) is 9.48 Å². The minimum atomic E-state index is -0.179. The van der Waals surface area contributed by atoms with Crippen molar-refractivity contribution in [2.75, 3.05) is 20.2 Å². The SMILES string of the molecule is CCOC(=O)CCn1nc(COc2ccccc2)c2c1CCN(C)C2. The van der Waals surface area contributed by atoms with Crippen LogP contribution in [0.4, 0.5) is 0 Å². The molecule has 1 aliphatic rings. The van der Waals surface area contributed by atoms with E-state index in [1.807, 2.05) is 41.9 Å². The molecule has 0 amide bonds. The summed E-state index contributed by atoms with van der Waals surface area (Å²) in [6, 6.07) is 9.76. The molecular formula is C19H25N3O3. The normalized spacial score (nSPS) is 14.2. The van der Waals surface area contributed by atoms with Crippen molar-refractivity contribution in [1.82, 2.24) is 14.7 Å². The number of fused-ring (bicyclic) bond motifs is 1. The lowest BCUT2D eigenvalue weighted by molar-refractivity contribution is -0.143. The Morgan fingerprint density at radius 2 is 2.08 bits per heavy atom. The number of carbonyl (C=O) groups excluding carboxylic acids is 1. The van der Waals surface area contributed by atoms with Crippen LogP contribution in [0.15, 0.2) is 30.3 Å². The molecule has 6 nitrogen and oxygen atoms in total. The van der Waals surface area contributed by atoms with E-state index in [1.54, 1.807) is 0 Å². The van der Waals surface area contributed by atoms with Crippen LogP contribution in [-0.4, -0.2) is 40.8 Å². The van der Waals surface area contributed by atoms with Crippen LogP contribution < -0.4 is 4.74 Å². The number of nitrogens with zero attached hydrogens (tertiary/aromatic N) is 3. The second-order valence-electron chi connectivity index (χ2n) is 6.24. The minimum Gasteiger partial charge on any atom is -0.487 e. The lowest BCUT2D eigenvalue weighted by atomic mass is 10.1. The van der Waals surface area contributed by atoms with Gasteiger partial charge in [0, 0.05) is 30.8 Å². The zero-order valence-electron chi connectivity index (χ0n) is 14.9. The molecule has 3 rings (SSSR count). The first-order valence-corrected chi connectivity index (χ1v) is 8.76. The highest BCUT2D eigenvalue weighted by atomic mass is 16.5. The maximum atomic E-state index is 11.7. The number of likely N-dealkylation sites (N-methyl/N-ethyl adjacent to an activating group) is 1. The van der Waals surface area contributed by atoms with Gasteiger partial charge in [-0.15, -0.1) is 0 Å². The largest absolute Gasteiger partial charge is 0.487 e. The Balaban J connectivity index is 1.74. The van der Waals surface area contributed by atoms with Crippen LogP contribution in [-0.2, 0) is 35.6 Å². The molecule has 0 unspecified atom stereocenters. The van der Waals surface area contributed by atoms with E-state index in [-0.39, 0.29) is 5.97 Å². The second kappa shape index (κ2) is 8.16. The molecule has 25 heavy (non-hydrogen) atoms. The monoisotopic (exact) mass is 343 g/mol. The Labute approximate surface area is 148 Å². The molecule has 0 N–H and O–H groups in total. The number of aromatic nitrogens is 2. The Hall–Kier alpha value is -2.34. The van der Waals surface area contributed by atoms with Crippen LogP contribution in [0.5, 0.6) is 5.75 Å². The highest BCUT2D eigenvalue weighted by Gasteiger charge is 2.23. The van der Waals surface area contributed by atoms with E-state index >= 15 is 0 Å². The van der Waals surface area contributed by atoms with Crippen molar-refractivity contribution >= 4 is 5.97 Å². The Morgan fingerprint density at radius 1 is 1.28 bits per heavy atom. The van der Waals surface area contributed by atoms with E-state index in [1.165, 1.54) is 11.3 Å². The van der Waals surface area contributed by atoms with Crippen LogP contribution in [0.25, 0.3) is 0 Å². The summed E-state index contributed by atoms with van der Waals surface area (Å²) in [7, 11) is 2.11. The zero-order chi connectivity index (χ0) is 17.6. The smallest absolute Gasteiger partial charge is 0.307 e. The zero-order valence-corrected chi connectivity index (χ0v) is 14.9. The van der Waals surface area contributed by atoms with E-state index < -0.39 is 0 Å². The molecule has 0 saturated carbocycles. The molecule has 1 aromatic carbocycles. The molecule has 0 fully saturated rings. The summed E-state index contributed by atoms with van der Waals surface area (Å²) in [6.07, 6.45) is 1.28. The number of esters is 1. The highest BCUT2D eigenvalue weighted by molar-refractivity contribution is 5.69. The third-order valence-electron chi connectivity index (χ3n) is 4.36. The number of rotatable bonds is 7. The van der Waals surface area contributed by atoms with Crippen molar-refractivity contribution in [2.45, 2.75) is 39.5 Å². The minimum absolute atomic E-state index is 0.179. The number of para-hydroxylation sites is 1. The fraction of sp³-hybridized carbons (Fsp3) is 0.474. The summed E-state index contributed by atoms with van der Waals surface area (Å²) in [5.74, 6) is 0.656. The molecule has 134 valence electrons. The topological polar surface area (TPSA) is 56.6 Å². The van der Waals surface area contributed by atoms with Crippen molar-refractivity contribution in [3.8, 4) is 5.75 Å². The third-order valence-corrected chi connectivity index (χ3v) is 4.36. The first kappa shape index (κ1) is 17.5. The van der Waals surface area contributed by atoms with Gasteiger partial charge in [0.25, 0.3) is 0 Å².